The average Bonchev–Trinajstić information content (AvgIpc) is 2.25. The number of hydrogen-bond donors (Lipinski definition) is 2. The zero-order chi connectivity index (χ0) is 11.8. The summed E-state index contributed by atoms with van der Waals surface area (Å²) in [6.07, 6.45) is 3.70. The molecule has 1 aromatic heterocycles. The van der Waals surface area contributed by atoms with Crippen LogP contribution in [0, 0.1) is 0 Å². The summed E-state index contributed by atoms with van der Waals surface area (Å²) < 4.78 is 5.28. The molecule has 90 valence electrons. The van der Waals surface area contributed by atoms with Gasteiger partial charge in [-0.05, 0) is 26.7 Å². The number of rotatable bonds is 7. The van der Waals surface area contributed by atoms with E-state index in [9.17, 15) is 0 Å². The molecule has 0 radical (unpaired) electrons. The van der Waals surface area contributed by atoms with Crippen LogP contribution in [0.4, 0.5) is 5.95 Å². The summed E-state index contributed by atoms with van der Waals surface area (Å²) in [6, 6.07) is 1.99. The number of ether oxygens (including phenoxy) is 1. The molecule has 0 spiro atoms. The van der Waals surface area contributed by atoms with Crippen LogP contribution in [0.5, 0.6) is 5.88 Å². The Kier molecular flexibility index (Phi) is 5.56. The van der Waals surface area contributed by atoms with Crippen LogP contribution < -0.4 is 15.8 Å². The molecular weight excluding hydrogens is 204 g/mol. The summed E-state index contributed by atoms with van der Waals surface area (Å²) in [5.41, 5.74) is 5.66. The van der Waals surface area contributed by atoms with Crippen LogP contribution in [0.2, 0.25) is 0 Å². The lowest BCUT2D eigenvalue weighted by Gasteiger charge is -2.07. The Balaban J connectivity index is 2.33. The zero-order valence-corrected chi connectivity index (χ0v) is 9.94. The molecule has 16 heavy (non-hydrogen) atoms. The number of nitrogens with two attached hydrogens (primary N) is 1. The summed E-state index contributed by atoms with van der Waals surface area (Å²) in [7, 11) is 0. The second kappa shape index (κ2) is 7.00. The maximum absolute atomic E-state index is 5.66. The van der Waals surface area contributed by atoms with Crippen LogP contribution in [0.3, 0.4) is 0 Å². The normalized spacial score (nSPS) is 12.2. The molecule has 0 aliphatic carbocycles. The molecule has 5 heteroatoms. The maximum Gasteiger partial charge on any atom is 0.225 e. The van der Waals surface area contributed by atoms with Crippen molar-refractivity contribution in [1.82, 2.24) is 9.97 Å². The molecule has 0 saturated heterocycles. The number of nitrogens with zero attached hydrogens (tertiary/aromatic N) is 2. The first-order chi connectivity index (χ1) is 7.72. The molecule has 0 saturated carbocycles. The van der Waals surface area contributed by atoms with Gasteiger partial charge in [0.1, 0.15) is 0 Å². The lowest BCUT2D eigenvalue weighted by atomic mass is 10.2. The highest BCUT2D eigenvalue weighted by molar-refractivity contribution is 5.27. The predicted molar refractivity (Wildman–Crippen MR) is 64.6 cm³/mol. The molecule has 3 N–H and O–H groups in total. The summed E-state index contributed by atoms with van der Waals surface area (Å²) in [5.74, 6) is 1.21. The van der Waals surface area contributed by atoms with Crippen molar-refractivity contribution in [2.45, 2.75) is 32.7 Å². The average molecular weight is 224 g/mol. The topological polar surface area (TPSA) is 73.1 Å². The van der Waals surface area contributed by atoms with E-state index in [1.807, 2.05) is 13.8 Å². The van der Waals surface area contributed by atoms with Gasteiger partial charge in [-0.1, -0.05) is 0 Å². The van der Waals surface area contributed by atoms with Gasteiger partial charge in [-0.25, -0.2) is 4.98 Å². The van der Waals surface area contributed by atoms with Gasteiger partial charge in [-0.3, -0.25) is 0 Å². The standard InChI is InChI=1S/C11H20N4O/c1-3-16-10-6-8-14-11(15-10)13-7-4-5-9(2)12/h6,8-9H,3-5,7,12H2,1-2H3,(H,13,14,15). The highest BCUT2D eigenvalue weighted by Gasteiger charge is 1.99. The zero-order valence-electron chi connectivity index (χ0n) is 9.94. The van der Waals surface area contributed by atoms with Crippen molar-refractivity contribution in [3.63, 3.8) is 0 Å². The third-order valence-electron chi connectivity index (χ3n) is 2.04. The van der Waals surface area contributed by atoms with E-state index in [2.05, 4.69) is 15.3 Å². The Morgan fingerprint density at radius 2 is 2.38 bits per heavy atom. The third-order valence-corrected chi connectivity index (χ3v) is 2.04. The minimum absolute atomic E-state index is 0.248. The van der Waals surface area contributed by atoms with Crippen LogP contribution in [0.15, 0.2) is 12.3 Å². The number of anilines is 1. The predicted octanol–water partition coefficient (Wildman–Crippen LogP) is 1.41. The minimum atomic E-state index is 0.248. The summed E-state index contributed by atoms with van der Waals surface area (Å²) in [6.45, 7) is 5.38. The molecule has 0 amide bonds. The molecule has 1 atom stereocenters. The second-order valence-corrected chi connectivity index (χ2v) is 3.70. The summed E-state index contributed by atoms with van der Waals surface area (Å²) in [4.78, 5) is 8.31. The van der Waals surface area contributed by atoms with E-state index in [0.29, 0.717) is 18.4 Å². The Morgan fingerprint density at radius 3 is 3.06 bits per heavy atom. The van der Waals surface area contributed by atoms with Crippen LogP contribution in [-0.2, 0) is 0 Å². The third kappa shape index (κ3) is 4.93. The van der Waals surface area contributed by atoms with Crippen molar-refractivity contribution in [2.24, 2.45) is 5.73 Å². The lowest BCUT2D eigenvalue weighted by molar-refractivity contribution is 0.326. The minimum Gasteiger partial charge on any atom is -0.478 e. The van der Waals surface area contributed by atoms with E-state index >= 15 is 0 Å². The number of nitrogens with one attached hydrogen (secondary N) is 1. The van der Waals surface area contributed by atoms with E-state index in [1.54, 1.807) is 12.3 Å². The molecule has 1 unspecified atom stereocenters. The first-order valence-electron chi connectivity index (χ1n) is 5.67. The highest BCUT2D eigenvalue weighted by Crippen LogP contribution is 2.08. The van der Waals surface area contributed by atoms with Gasteiger partial charge in [0.05, 0.1) is 6.61 Å². The van der Waals surface area contributed by atoms with Gasteiger partial charge >= 0.3 is 0 Å². The highest BCUT2D eigenvalue weighted by atomic mass is 16.5. The Labute approximate surface area is 96.4 Å². The van der Waals surface area contributed by atoms with Gasteiger partial charge in [0, 0.05) is 24.8 Å². The van der Waals surface area contributed by atoms with E-state index in [-0.39, 0.29) is 6.04 Å². The molecular formula is C11H20N4O. The molecule has 1 aromatic rings. The van der Waals surface area contributed by atoms with Gasteiger partial charge in [0.25, 0.3) is 0 Å². The van der Waals surface area contributed by atoms with Crippen molar-refractivity contribution in [3.8, 4) is 5.88 Å². The van der Waals surface area contributed by atoms with Gasteiger partial charge in [-0.15, -0.1) is 0 Å². The Hall–Kier alpha value is -1.36. The van der Waals surface area contributed by atoms with E-state index < -0.39 is 0 Å². The van der Waals surface area contributed by atoms with Crippen molar-refractivity contribution < 1.29 is 4.74 Å². The van der Waals surface area contributed by atoms with Crippen LogP contribution in [-0.4, -0.2) is 29.2 Å². The van der Waals surface area contributed by atoms with Crippen molar-refractivity contribution in [2.75, 3.05) is 18.5 Å². The Morgan fingerprint density at radius 1 is 1.56 bits per heavy atom. The second-order valence-electron chi connectivity index (χ2n) is 3.70. The van der Waals surface area contributed by atoms with E-state index in [1.165, 1.54) is 0 Å². The molecule has 0 aromatic carbocycles. The lowest BCUT2D eigenvalue weighted by Crippen LogP contribution is -2.16. The van der Waals surface area contributed by atoms with Crippen LogP contribution in [0.1, 0.15) is 26.7 Å². The van der Waals surface area contributed by atoms with Gasteiger partial charge in [-0.2, -0.15) is 4.98 Å². The van der Waals surface area contributed by atoms with Crippen molar-refractivity contribution in [3.05, 3.63) is 12.3 Å². The van der Waals surface area contributed by atoms with Crippen molar-refractivity contribution in [1.29, 1.82) is 0 Å². The number of aromatic nitrogens is 2. The molecule has 5 nitrogen and oxygen atoms in total. The van der Waals surface area contributed by atoms with Gasteiger partial charge in [0.15, 0.2) is 0 Å². The maximum atomic E-state index is 5.66. The molecule has 0 fully saturated rings. The largest absolute Gasteiger partial charge is 0.478 e. The summed E-state index contributed by atoms with van der Waals surface area (Å²) >= 11 is 0. The molecule has 1 heterocycles. The van der Waals surface area contributed by atoms with Gasteiger partial charge in [0.2, 0.25) is 11.8 Å². The van der Waals surface area contributed by atoms with E-state index in [4.69, 9.17) is 10.5 Å². The molecule has 0 bridgehead atoms. The summed E-state index contributed by atoms with van der Waals surface area (Å²) in [5, 5.41) is 3.14. The first kappa shape index (κ1) is 12.7. The molecule has 1 rings (SSSR count). The molecule has 0 aliphatic heterocycles. The van der Waals surface area contributed by atoms with Gasteiger partial charge < -0.3 is 15.8 Å². The Bertz CT molecular complexity index is 304. The fourth-order valence-electron chi connectivity index (χ4n) is 1.28. The van der Waals surface area contributed by atoms with Crippen molar-refractivity contribution >= 4 is 5.95 Å². The van der Waals surface area contributed by atoms with E-state index in [0.717, 1.165) is 19.4 Å². The number of hydrogen-bond acceptors (Lipinski definition) is 5. The smallest absolute Gasteiger partial charge is 0.225 e. The monoisotopic (exact) mass is 224 g/mol. The van der Waals surface area contributed by atoms with Crippen LogP contribution in [0.25, 0.3) is 0 Å². The first-order valence-corrected chi connectivity index (χ1v) is 5.67. The fourth-order valence-corrected chi connectivity index (χ4v) is 1.28. The van der Waals surface area contributed by atoms with Crippen LogP contribution >= 0.6 is 0 Å². The SMILES string of the molecule is CCOc1ccnc(NCCCC(C)N)n1. The fraction of sp³-hybridized carbons (Fsp3) is 0.636. The quantitative estimate of drug-likeness (QED) is 0.685. The molecule has 0 aliphatic rings.